The number of piperidine rings is 1. The van der Waals surface area contributed by atoms with Crippen LogP contribution in [0.3, 0.4) is 0 Å². The zero-order valence-electron chi connectivity index (χ0n) is 13.4. The fourth-order valence-electron chi connectivity index (χ4n) is 2.77. The van der Waals surface area contributed by atoms with Crippen molar-refractivity contribution in [3.8, 4) is 5.75 Å². The first-order chi connectivity index (χ1) is 9.59. The summed E-state index contributed by atoms with van der Waals surface area (Å²) in [4.78, 5) is 0. The van der Waals surface area contributed by atoms with Crippen molar-refractivity contribution in [2.75, 3.05) is 13.1 Å². The fourth-order valence-corrected chi connectivity index (χ4v) is 2.77. The second-order valence-corrected chi connectivity index (χ2v) is 6.39. The lowest BCUT2D eigenvalue weighted by molar-refractivity contribution is -0.538. The topological polar surface area (TPSA) is 12.2 Å². The summed E-state index contributed by atoms with van der Waals surface area (Å²) < 4.78 is 8.44. The Bertz CT molecular complexity index is 440. The molecule has 1 aromatic carbocycles. The highest BCUT2D eigenvalue weighted by atomic mass is 16.5. The van der Waals surface area contributed by atoms with Crippen molar-refractivity contribution in [3.05, 3.63) is 29.3 Å². The monoisotopic (exact) mass is 274 g/mol. The minimum Gasteiger partial charge on any atom is -0.410 e. The van der Waals surface area contributed by atoms with E-state index in [9.17, 15) is 0 Å². The van der Waals surface area contributed by atoms with Gasteiger partial charge in [0, 0.05) is 12.8 Å². The molecule has 0 amide bonds. The molecule has 1 aliphatic heterocycles. The van der Waals surface area contributed by atoms with E-state index < -0.39 is 0 Å². The number of hydrogen-bond donors (Lipinski definition) is 0. The molecule has 1 aliphatic rings. The average molecular weight is 274 g/mol. The van der Waals surface area contributed by atoms with Gasteiger partial charge in [-0.1, -0.05) is 45.9 Å². The Hall–Kier alpha value is -1.31. The molecule has 0 radical (unpaired) electrons. The van der Waals surface area contributed by atoms with Crippen LogP contribution in [0.1, 0.15) is 69.9 Å². The van der Waals surface area contributed by atoms with Crippen molar-refractivity contribution < 1.29 is 9.31 Å². The standard InChI is InChI=1S/C18H28NO/c1-14(2)16-9-8-10-17(15(3)4)18(16)20-13-19-11-6-5-7-12-19/h8-10,13-15H,5-7,11-12H2,1-4H3/q+1. The van der Waals surface area contributed by atoms with Gasteiger partial charge in [-0.15, -0.1) is 0 Å². The van der Waals surface area contributed by atoms with E-state index in [-0.39, 0.29) is 0 Å². The summed E-state index contributed by atoms with van der Waals surface area (Å²) in [6.45, 7) is 11.2. The van der Waals surface area contributed by atoms with Crippen LogP contribution in [0.25, 0.3) is 0 Å². The van der Waals surface area contributed by atoms with E-state index in [1.165, 1.54) is 30.4 Å². The number of rotatable bonds is 4. The van der Waals surface area contributed by atoms with Crippen LogP contribution in [0.5, 0.6) is 5.75 Å². The summed E-state index contributed by atoms with van der Waals surface area (Å²) >= 11 is 0. The quantitative estimate of drug-likeness (QED) is 0.580. The molecule has 0 spiro atoms. The van der Waals surface area contributed by atoms with Gasteiger partial charge in [0.05, 0.1) is 0 Å². The minimum atomic E-state index is 0.485. The van der Waals surface area contributed by atoms with E-state index in [1.807, 2.05) is 6.40 Å². The van der Waals surface area contributed by atoms with Crippen LogP contribution in [0.4, 0.5) is 0 Å². The molecule has 0 saturated carbocycles. The Kier molecular flexibility index (Phi) is 5.22. The fraction of sp³-hybridized carbons (Fsp3) is 0.611. The predicted octanol–water partition coefficient (Wildman–Crippen LogP) is 4.54. The zero-order valence-corrected chi connectivity index (χ0v) is 13.4. The summed E-state index contributed by atoms with van der Waals surface area (Å²) in [5, 5.41) is 0. The minimum absolute atomic E-state index is 0.485. The molecule has 2 rings (SSSR count). The first-order valence-corrected chi connectivity index (χ1v) is 7.96. The molecule has 0 aromatic heterocycles. The molecule has 1 saturated heterocycles. The van der Waals surface area contributed by atoms with Gasteiger partial charge in [0.25, 0.3) is 0 Å². The molecule has 1 aromatic rings. The van der Waals surface area contributed by atoms with Crippen molar-refractivity contribution in [1.29, 1.82) is 0 Å². The summed E-state index contributed by atoms with van der Waals surface area (Å²) in [5.74, 6) is 2.04. The largest absolute Gasteiger partial charge is 0.410 e. The highest BCUT2D eigenvalue weighted by Gasteiger charge is 2.17. The van der Waals surface area contributed by atoms with E-state index in [0.717, 1.165) is 18.8 Å². The van der Waals surface area contributed by atoms with Gasteiger partial charge in [0.15, 0.2) is 0 Å². The number of hydrogen-bond acceptors (Lipinski definition) is 1. The Morgan fingerprint density at radius 3 is 2.00 bits per heavy atom. The normalized spacial score (nSPS) is 15.8. The van der Waals surface area contributed by atoms with Crippen LogP contribution in [0.15, 0.2) is 18.2 Å². The molecule has 1 fully saturated rings. The Morgan fingerprint density at radius 2 is 1.50 bits per heavy atom. The van der Waals surface area contributed by atoms with Crippen molar-refractivity contribution in [2.45, 2.75) is 58.8 Å². The smallest absolute Gasteiger partial charge is 0.329 e. The maximum Gasteiger partial charge on any atom is 0.329 e. The van der Waals surface area contributed by atoms with Crippen LogP contribution in [-0.4, -0.2) is 24.1 Å². The van der Waals surface area contributed by atoms with Gasteiger partial charge in [-0.2, -0.15) is 0 Å². The third-order valence-corrected chi connectivity index (χ3v) is 4.03. The summed E-state index contributed by atoms with van der Waals surface area (Å²) in [5.41, 5.74) is 2.62. The number of nitrogens with zero attached hydrogens (tertiary/aromatic N) is 1. The number of ether oxygens (including phenoxy) is 1. The van der Waals surface area contributed by atoms with E-state index in [0.29, 0.717) is 11.8 Å². The second kappa shape index (κ2) is 6.92. The Labute approximate surface area is 123 Å². The lowest BCUT2D eigenvalue weighted by atomic mass is 9.94. The third kappa shape index (κ3) is 3.62. The van der Waals surface area contributed by atoms with Crippen LogP contribution >= 0.6 is 0 Å². The van der Waals surface area contributed by atoms with Gasteiger partial charge in [0.1, 0.15) is 18.8 Å². The highest BCUT2D eigenvalue weighted by Crippen LogP contribution is 2.34. The lowest BCUT2D eigenvalue weighted by Crippen LogP contribution is -2.23. The molecule has 2 nitrogen and oxygen atoms in total. The second-order valence-electron chi connectivity index (χ2n) is 6.39. The van der Waals surface area contributed by atoms with Crippen LogP contribution < -0.4 is 4.74 Å². The van der Waals surface area contributed by atoms with E-state index >= 15 is 0 Å². The molecule has 0 bridgehead atoms. The van der Waals surface area contributed by atoms with Gasteiger partial charge in [-0.3, -0.25) is 0 Å². The molecule has 0 atom stereocenters. The van der Waals surface area contributed by atoms with Crippen molar-refractivity contribution in [1.82, 2.24) is 0 Å². The maximum atomic E-state index is 6.13. The molecular weight excluding hydrogens is 246 g/mol. The number of benzene rings is 1. The van der Waals surface area contributed by atoms with Gasteiger partial charge in [-0.05, 0) is 29.4 Å². The van der Waals surface area contributed by atoms with E-state index in [1.54, 1.807) is 0 Å². The van der Waals surface area contributed by atoms with Gasteiger partial charge in [-0.25, -0.2) is 4.58 Å². The summed E-state index contributed by atoms with van der Waals surface area (Å²) in [6, 6.07) is 6.53. The van der Waals surface area contributed by atoms with Crippen LogP contribution in [-0.2, 0) is 0 Å². The summed E-state index contributed by atoms with van der Waals surface area (Å²) in [6.07, 6.45) is 5.86. The molecule has 0 aliphatic carbocycles. The van der Waals surface area contributed by atoms with Crippen LogP contribution in [0.2, 0.25) is 0 Å². The van der Waals surface area contributed by atoms with E-state index in [2.05, 4.69) is 50.5 Å². The van der Waals surface area contributed by atoms with Crippen LogP contribution in [0, 0.1) is 0 Å². The Morgan fingerprint density at radius 1 is 0.950 bits per heavy atom. The van der Waals surface area contributed by atoms with Crippen molar-refractivity contribution in [3.63, 3.8) is 0 Å². The molecule has 2 heteroatoms. The first kappa shape index (κ1) is 15.1. The first-order valence-electron chi connectivity index (χ1n) is 7.96. The Balaban J connectivity index is 2.27. The third-order valence-electron chi connectivity index (χ3n) is 4.03. The predicted molar refractivity (Wildman–Crippen MR) is 85.2 cm³/mol. The summed E-state index contributed by atoms with van der Waals surface area (Å²) in [7, 11) is 0. The number of para-hydroxylation sites is 1. The van der Waals surface area contributed by atoms with Crippen molar-refractivity contribution in [2.24, 2.45) is 0 Å². The SMILES string of the molecule is CC(C)c1cccc(C(C)C)c1OC=[N+]1CCCCC1. The molecule has 0 unspecified atom stereocenters. The van der Waals surface area contributed by atoms with Gasteiger partial charge in [0.2, 0.25) is 0 Å². The molecule has 110 valence electrons. The lowest BCUT2D eigenvalue weighted by Gasteiger charge is -2.17. The zero-order chi connectivity index (χ0) is 14.5. The molecule has 1 heterocycles. The maximum absolute atomic E-state index is 6.13. The van der Waals surface area contributed by atoms with Crippen molar-refractivity contribution >= 4 is 6.40 Å². The van der Waals surface area contributed by atoms with Gasteiger partial charge < -0.3 is 4.74 Å². The van der Waals surface area contributed by atoms with Gasteiger partial charge >= 0.3 is 6.40 Å². The molecule has 0 N–H and O–H groups in total. The highest BCUT2D eigenvalue weighted by molar-refractivity contribution is 5.54. The molecular formula is C18H28NO+. The molecule has 20 heavy (non-hydrogen) atoms. The average Bonchev–Trinajstić information content (AvgIpc) is 2.45. The van der Waals surface area contributed by atoms with E-state index in [4.69, 9.17) is 4.74 Å².